The number of allylic oxidation sites excluding steroid dienone is 4. The minimum Gasteiger partial charge on any atom is -0.508 e. The molecule has 6 N–H and O–H groups in total. The van der Waals surface area contributed by atoms with Crippen LogP contribution in [0.2, 0.25) is 0 Å². The van der Waals surface area contributed by atoms with E-state index in [0.29, 0.717) is 37.6 Å². The van der Waals surface area contributed by atoms with E-state index >= 15 is 4.79 Å². The van der Waals surface area contributed by atoms with Gasteiger partial charge < -0.3 is 31.1 Å². The minimum atomic E-state index is -0.680. The third-order valence-electron chi connectivity index (χ3n) is 18.3. The van der Waals surface area contributed by atoms with Gasteiger partial charge in [0.2, 0.25) is 0 Å². The van der Waals surface area contributed by atoms with Crippen LogP contribution in [0.5, 0.6) is 5.75 Å². The molecule has 1 heterocycles. The van der Waals surface area contributed by atoms with Gasteiger partial charge in [0.25, 0.3) is 0 Å². The van der Waals surface area contributed by atoms with E-state index in [-0.39, 0.29) is 69.9 Å². The van der Waals surface area contributed by atoms with Gasteiger partial charge in [-0.05, 0) is 146 Å². The first-order valence-corrected chi connectivity index (χ1v) is 22.8. The van der Waals surface area contributed by atoms with Crippen LogP contribution in [0.4, 0.5) is 5.69 Å². The van der Waals surface area contributed by atoms with Crippen molar-refractivity contribution in [3.63, 3.8) is 0 Å². The number of phenolic OH excluding ortho intramolecular Hbond substituents is 1. The van der Waals surface area contributed by atoms with Crippen molar-refractivity contribution in [2.45, 2.75) is 148 Å². The number of aromatic hydroxyl groups is 1. The molecule has 8 aliphatic rings. The summed E-state index contributed by atoms with van der Waals surface area (Å²) in [6.45, 7) is 16.0. The van der Waals surface area contributed by atoms with Crippen molar-refractivity contribution in [2.24, 2.45) is 51.2 Å². The van der Waals surface area contributed by atoms with Gasteiger partial charge in [0.1, 0.15) is 17.6 Å². The lowest BCUT2D eigenvalue weighted by atomic mass is 9.32. The highest BCUT2D eigenvalue weighted by Gasteiger charge is 2.74. The molecule has 8 nitrogen and oxygen atoms in total. The molecule has 10 rings (SSSR count). The van der Waals surface area contributed by atoms with E-state index in [1.165, 1.54) is 11.1 Å². The zero-order chi connectivity index (χ0) is 42.0. The van der Waals surface area contributed by atoms with E-state index < -0.39 is 28.6 Å². The van der Waals surface area contributed by atoms with Gasteiger partial charge in [0.05, 0.1) is 23.7 Å². The Balaban J connectivity index is 1.04. The van der Waals surface area contributed by atoms with Gasteiger partial charge in [-0.3, -0.25) is 9.59 Å². The Morgan fingerprint density at radius 1 is 0.966 bits per heavy atom. The highest BCUT2D eigenvalue weighted by Crippen LogP contribution is 2.77. The van der Waals surface area contributed by atoms with E-state index in [1.54, 1.807) is 12.1 Å². The van der Waals surface area contributed by atoms with Crippen LogP contribution in [0.25, 0.3) is 0 Å². The number of nitrogens with one attached hydrogen (secondary N) is 1. The maximum Gasteiger partial charge on any atom is 0.159 e. The van der Waals surface area contributed by atoms with Crippen LogP contribution in [-0.4, -0.2) is 63.4 Å². The molecule has 0 amide bonds. The van der Waals surface area contributed by atoms with E-state index in [1.807, 2.05) is 31.2 Å². The van der Waals surface area contributed by atoms with Crippen molar-refractivity contribution in [1.82, 2.24) is 5.32 Å². The van der Waals surface area contributed by atoms with Crippen LogP contribution in [0, 0.1) is 51.2 Å². The predicted molar refractivity (Wildman–Crippen MR) is 230 cm³/mol. The Hall–Kier alpha value is -3.30. The highest BCUT2D eigenvalue weighted by atomic mass is 16.6. The van der Waals surface area contributed by atoms with Crippen LogP contribution in [0.3, 0.4) is 0 Å². The van der Waals surface area contributed by atoms with E-state index in [2.05, 4.69) is 71.1 Å². The number of carbonyl (C=O) groups excluding carboxylic acids is 2. The fourth-order valence-corrected chi connectivity index (χ4v) is 15.7. The topological polar surface area (TPSA) is 145 Å². The van der Waals surface area contributed by atoms with Crippen LogP contribution < -0.4 is 11.1 Å². The molecular formula is C51H68N2O6. The molecule has 0 spiro atoms. The second-order valence-corrected chi connectivity index (χ2v) is 21.5. The Morgan fingerprint density at radius 2 is 1.71 bits per heavy atom. The molecule has 2 aromatic carbocycles. The Kier molecular flexibility index (Phi) is 9.83. The second-order valence-electron chi connectivity index (χ2n) is 21.5. The third kappa shape index (κ3) is 5.96. The molecule has 0 aromatic heterocycles. The lowest BCUT2D eigenvalue weighted by molar-refractivity contribution is -0.206. The molecule has 0 radical (unpaired) electrons. The first-order valence-electron chi connectivity index (χ1n) is 22.8. The van der Waals surface area contributed by atoms with Gasteiger partial charge in [0, 0.05) is 35.5 Å². The average Bonchev–Trinajstić information content (AvgIpc) is 3.56. The van der Waals surface area contributed by atoms with Crippen molar-refractivity contribution >= 4 is 17.3 Å². The fourth-order valence-electron chi connectivity index (χ4n) is 15.7. The number of hydrogen-bond acceptors (Lipinski definition) is 8. The number of phenols is 1. The molecule has 1 aliphatic heterocycles. The summed E-state index contributed by atoms with van der Waals surface area (Å²) in [5.74, 6) is 0.908. The average molecular weight is 805 g/mol. The number of carbonyl (C=O) groups is 2. The van der Waals surface area contributed by atoms with Gasteiger partial charge in [0.15, 0.2) is 5.78 Å². The molecule has 2 bridgehead atoms. The molecule has 0 unspecified atom stereocenters. The number of hydrogen-bond donors (Lipinski definition) is 5. The first kappa shape index (κ1) is 41.1. The summed E-state index contributed by atoms with van der Waals surface area (Å²) >= 11 is 0. The zero-order valence-electron chi connectivity index (χ0n) is 36.3. The Labute approximate surface area is 351 Å². The number of epoxide rings is 1. The normalized spacial score (nSPS) is 43.8. The van der Waals surface area contributed by atoms with Gasteiger partial charge in [-0.2, -0.15) is 0 Å². The van der Waals surface area contributed by atoms with Gasteiger partial charge >= 0.3 is 0 Å². The van der Waals surface area contributed by atoms with E-state index in [0.717, 1.165) is 55.3 Å². The van der Waals surface area contributed by atoms with Crippen molar-refractivity contribution in [3.8, 4) is 5.75 Å². The standard InChI is InChI=1S/C51H68N2O6/c1-28(22-39(56)46-51(7,59-46)35-17-10-16-34(35)30-12-8-14-32(52)23-30)42-36-19-20-41-49(5,48(36,4)26-40(42)57)25-38(53-27-29(2)54)44-47(3)21-11-18-37(50(41,44)6)43(45(47)58)31-13-9-15-33(55)24-31/h8-9,11-15,18,23-24,28-29,34-35,37-39,41,43-44,46,53-56H,10,16-17,19-22,25-27,52H2,1-7H3/t28-,29+,34+,35-,37+,38+,39-,41+,43-,44+,46-,47+,48+,49+,50+,51-/m1/s1. The molecule has 318 valence electrons. The number of aliphatic hydroxyl groups excluding tert-OH is 2. The Morgan fingerprint density at radius 3 is 2.44 bits per heavy atom. The molecule has 7 aliphatic carbocycles. The molecule has 8 heteroatoms. The summed E-state index contributed by atoms with van der Waals surface area (Å²) in [7, 11) is 0. The largest absolute Gasteiger partial charge is 0.508 e. The maximum absolute atomic E-state index is 15.0. The molecule has 1 saturated heterocycles. The summed E-state index contributed by atoms with van der Waals surface area (Å²) < 4.78 is 6.50. The number of Topliss-reactive ketones (excluding diaryl/α,β-unsaturated/α-hetero) is 2. The van der Waals surface area contributed by atoms with Crippen molar-refractivity contribution < 1.29 is 29.6 Å². The summed E-state index contributed by atoms with van der Waals surface area (Å²) in [4.78, 5) is 29.7. The lowest BCUT2D eigenvalue weighted by Crippen LogP contribution is -2.72. The number of fused-ring (bicyclic) bond motifs is 5. The van der Waals surface area contributed by atoms with E-state index in [4.69, 9.17) is 10.5 Å². The monoisotopic (exact) mass is 805 g/mol. The van der Waals surface area contributed by atoms with Crippen molar-refractivity contribution in [1.29, 1.82) is 0 Å². The summed E-state index contributed by atoms with van der Waals surface area (Å²) in [6, 6.07) is 15.5. The summed E-state index contributed by atoms with van der Waals surface area (Å²) in [5, 5.41) is 37.0. The number of nitrogens with two attached hydrogens (primary N) is 1. The van der Waals surface area contributed by atoms with Gasteiger partial charge in [-0.25, -0.2) is 0 Å². The number of ether oxygens (including phenoxy) is 1. The molecular weight excluding hydrogens is 737 g/mol. The SMILES string of the molecule is C[C@H](O)CN[C@H]1C[C@@]2(C)[C@H](CCC3=C([C@H](C)C[C@@H](O)[C@H]4O[C@]4(C)[C@@H]4CCC[C@H]4c4cccc(N)c4)C(=O)C[C@@]32C)[C@@]2(C)[C@@H]1[C@]1(C)CC=C[C@H]2[C@@H](c2cccc(O)c2)C1=O. The molecule has 59 heavy (non-hydrogen) atoms. The zero-order valence-corrected chi connectivity index (χ0v) is 36.3. The number of benzene rings is 2. The van der Waals surface area contributed by atoms with Crippen molar-refractivity contribution in [3.05, 3.63) is 83.0 Å². The van der Waals surface area contributed by atoms with E-state index in [9.17, 15) is 20.1 Å². The summed E-state index contributed by atoms with van der Waals surface area (Å²) in [5.41, 5.74) is 9.20. The maximum atomic E-state index is 15.0. The first-order chi connectivity index (χ1) is 27.9. The fraction of sp³-hybridized carbons (Fsp3) is 0.647. The quantitative estimate of drug-likeness (QED) is 0.0915. The molecule has 16 atom stereocenters. The highest BCUT2D eigenvalue weighted by molar-refractivity contribution is 6.00. The smallest absolute Gasteiger partial charge is 0.159 e. The lowest BCUT2D eigenvalue weighted by Gasteiger charge is -2.72. The van der Waals surface area contributed by atoms with Gasteiger partial charge in [-0.15, -0.1) is 0 Å². The molecule has 5 fully saturated rings. The molecule has 2 aromatic rings. The minimum absolute atomic E-state index is 0.0132. The van der Waals surface area contributed by atoms with Crippen LogP contribution in [0.1, 0.15) is 129 Å². The number of ketones is 2. The Bertz CT molecular complexity index is 2090. The number of aliphatic hydroxyl groups is 2. The number of anilines is 1. The molecule has 4 saturated carbocycles. The number of rotatable bonds is 10. The predicted octanol–water partition coefficient (Wildman–Crippen LogP) is 8.41. The van der Waals surface area contributed by atoms with Crippen LogP contribution in [0.15, 0.2) is 71.8 Å². The number of nitrogen functional groups attached to an aromatic ring is 1. The third-order valence-corrected chi connectivity index (χ3v) is 18.3. The van der Waals surface area contributed by atoms with Gasteiger partial charge in [-0.1, -0.05) is 83.0 Å². The second kappa shape index (κ2) is 14.1. The summed E-state index contributed by atoms with van der Waals surface area (Å²) in [6.07, 6.45) is 10.5. The van der Waals surface area contributed by atoms with Crippen molar-refractivity contribution in [2.75, 3.05) is 12.3 Å². The van der Waals surface area contributed by atoms with Crippen LogP contribution >= 0.6 is 0 Å². The van der Waals surface area contributed by atoms with Crippen LogP contribution in [-0.2, 0) is 14.3 Å².